The first-order chi connectivity index (χ1) is 19.8. The van der Waals surface area contributed by atoms with Crippen LogP contribution >= 0.6 is 31.9 Å². The number of aromatic nitrogens is 2. The minimum atomic E-state index is -0.436. The van der Waals surface area contributed by atoms with Gasteiger partial charge in [-0.1, -0.05) is 47.3 Å². The van der Waals surface area contributed by atoms with Gasteiger partial charge in [0.1, 0.15) is 12.4 Å². The van der Waals surface area contributed by atoms with Crippen molar-refractivity contribution < 1.29 is 14.4 Å². The van der Waals surface area contributed by atoms with Gasteiger partial charge in [0.2, 0.25) is 0 Å². The molecule has 3 aromatic carbocycles. The highest BCUT2D eigenvalue weighted by atomic mass is 79.9. The topological polar surface area (TPSA) is 109 Å². The summed E-state index contributed by atoms with van der Waals surface area (Å²) in [5, 5.41) is 16.3. The van der Waals surface area contributed by atoms with E-state index < -0.39 is 4.92 Å². The summed E-state index contributed by atoms with van der Waals surface area (Å²) in [6.07, 6.45) is 6.95. The maximum absolute atomic E-state index is 13.6. The highest BCUT2D eigenvalue weighted by molar-refractivity contribution is 9.10. The summed E-state index contributed by atoms with van der Waals surface area (Å²) in [4.78, 5) is 29.2. The molecule has 0 N–H and O–H groups in total. The Labute approximate surface area is 253 Å². The van der Waals surface area contributed by atoms with Crippen molar-refractivity contribution in [2.24, 2.45) is 5.10 Å². The number of rotatable bonds is 9. The smallest absolute Gasteiger partial charge is 0.282 e. The van der Waals surface area contributed by atoms with Gasteiger partial charge in [-0.2, -0.15) is 9.78 Å². The Kier molecular flexibility index (Phi) is 9.14. The van der Waals surface area contributed by atoms with Gasteiger partial charge < -0.3 is 9.47 Å². The minimum absolute atomic E-state index is 0.00208. The van der Waals surface area contributed by atoms with Crippen LogP contribution in [0.1, 0.15) is 61.9 Å². The van der Waals surface area contributed by atoms with Crippen LogP contribution in [-0.4, -0.2) is 27.4 Å². The molecule has 41 heavy (non-hydrogen) atoms. The lowest BCUT2D eigenvalue weighted by Gasteiger charge is -2.22. The average Bonchev–Trinajstić information content (AvgIpc) is 2.98. The first kappa shape index (κ1) is 28.9. The van der Waals surface area contributed by atoms with Gasteiger partial charge in [-0.05, 0) is 71.6 Å². The number of non-ortho nitro benzene ring substituents is 1. The highest BCUT2D eigenvalue weighted by Gasteiger charge is 2.23. The molecule has 1 aliphatic carbocycles. The van der Waals surface area contributed by atoms with Crippen LogP contribution in [0.4, 0.5) is 5.69 Å². The maximum atomic E-state index is 13.6. The number of benzene rings is 3. The van der Waals surface area contributed by atoms with Crippen LogP contribution in [0.2, 0.25) is 0 Å². The van der Waals surface area contributed by atoms with E-state index in [1.807, 2.05) is 19.1 Å². The molecule has 0 radical (unpaired) electrons. The second-order valence-corrected chi connectivity index (χ2v) is 11.6. The van der Waals surface area contributed by atoms with E-state index in [1.165, 1.54) is 23.2 Å². The summed E-state index contributed by atoms with van der Waals surface area (Å²) in [6.45, 7) is 2.40. The third-order valence-corrected chi connectivity index (χ3v) is 8.17. The molecule has 11 heteroatoms. The van der Waals surface area contributed by atoms with Crippen molar-refractivity contribution in [3.8, 4) is 11.5 Å². The van der Waals surface area contributed by atoms with Crippen molar-refractivity contribution >= 4 is 54.7 Å². The number of nitro benzene ring substituents is 1. The fourth-order valence-corrected chi connectivity index (χ4v) is 5.76. The summed E-state index contributed by atoms with van der Waals surface area (Å²) in [5.41, 5.74) is 1.80. The van der Waals surface area contributed by atoms with Crippen molar-refractivity contribution in [2.75, 3.05) is 6.61 Å². The Morgan fingerprint density at radius 1 is 1.07 bits per heavy atom. The zero-order valence-corrected chi connectivity index (χ0v) is 25.6. The standard InChI is InChI=1S/C30H28Br2N4O5/c1-2-40-27-14-21(25(32)16-28(27)41-18-19-7-6-10-23(13-19)36(38)39)17-33-35-29(20-8-4-3-5-9-20)34-26-12-11-22(31)15-24(26)30(35)37/h6-7,10-17,20H,2-5,8-9,18H2,1H3. The summed E-state index contributed by atoms with van der Waals surface area (Å²) in [7, 11) is 0. The Hall–Kier alpha value is -3.57. The van der Waals surface area contributed by atoms with Crippen LogP contribution in [0.25, 0.3) is 10.9 Å². The quantitative estimate of drug-likeness (QED) is 0.101. The van der Waals surface area contributed by atoms with E-state index in [-0.39, 0.29) is 23.8 Å². The Morgan fingerprint density at radius 3 is 2.61 bits per heavy atom. The Bertz CT molecular complexity index is 1680. The molecule has 0 spiro atoms. The van der Waals surface area contributed by atoms with Crippen LogP contribution in [0.5, 0.6) is 11.5 Å². The molecule has 1 heterocycles. The predicted octanol–water partition coefficient (Wildman–Crippen LogP) is 7.74. The van der Waals surface area contributed by atoms with Gasteiger partial charge in [0.15, 0.2) is 11.5 Å². The van der Waals surface area contributed by atoms with E-state index >= 15 is 0 Å². The van der Waals surface area contributed by atoms with Crippen LogP contribution in [0, 0.1) is 10.1 Å². The molecule has 0 aliphatic heterocycles. The molecule has 4 aromatic rings. The molecule has 212 valence electrons. The SMILES string of the molecule is CCOc1cc(C=Nn2c(C3CCCCC3)nc3ccc(Br)cc3c2=O)c(Br)cc1OCc1cccc([N+](=O)[O-])c1. The average molecular weight is 684 g/mol. The monoisotopic (exact) mass is 682 g/mol. The molecule has 1 fully saturated rings. The van der Waals surface area contributed by atoms with Crippen LogP contribution in [-0.2, 0) is 6.61 Å². The van der Waals surface area contributed by atoms with E-state index in [1.54, 1.807) is 36.5 Å². The highest BCUT2D eigenvalue weighted by Crippen LogP contribution is 2.35. The molecule has 5 rings (SSSR count). The number of nitro groups is 1. The van der Waals surface area contributed by atoms with Gasteiger partial charge in [0.05, 0.1) is 28.6 Å². The maximum Gasteiger partial charge on any atom is 0.282 e. The Morgan fingerprint density at radius 2 is 1.85 bits per heavy atom. The lowest BCUT2D eigenvalue weighted by atomic mass is 9.88. The number of halogens is 2. The fraction of sp³-hybridized carbons (Fsp3) is 0.300. The lowest BCUT2D eigenvalue weighted by molar-refractivity contribution is -0.384. The van der Waals surface area contributed by atoms with Gasteiger partial charge in [0.25, 0.3) is 11.2 Å². The van der Waals surface area contributed by atoms with Gasteiger partial charge in [0, 0.05) is 32.6 Å². The predicted molar refractivity (Wildman–Crippen MR) is 165 cm³/mol. The van der Waals surface area contributed by atoms with Gasteiger partial charge >= 0.3 is 0 Å². The number of nitrogens with zero attached hydrogens (tertiary/aromatic N) is 4. The van der Waals surface area contributed by atoms with Crippen LogP contribution in [0.3, 0.4) is 0 Å². The summed E-state index contributed by atoms with van der Waals surface area (Å²) < 4.78 is 14.8. The van der Waals surface area contributed by atoms with E-state index in [0.29, 0.717) is 50.4 Å². The number of ether oxygens (including phenoxy) is 2. The summed E-state index contributed by atoms with van der Waals surface area (Å²) in [5.74, 6) is 1.80. The van der Waals surface area contributed by atoms with Crippen LogP contribution < -0.4 is 15.0 Å². The number of hydrogen-bond donors (Lipinski definition) is 0. The molecule has 0 amide bonds. The van der Waals surface area contributed by atoms with Crippen molar-refractivity contribution in [3.05, 3.63) is 101 Å². The zero-order chi connectivity index (χ0) is 28.9. The third kappa shape index (κ3) is 6.68. The molecular formula is C30H28Br2N4O5. The van der Waals surface area contributed by atoms with Crippen molar-refractivity contribution in [1.29, 1.82) is 0 Å². The second-order valence-electron chi connectivity index (χ2n) is 9.80. The molecule has 0 unspecified atom stereocenters. The normalized spacial score (nSPS) is 14.0. The van der Waals surface area contributed by atoms with E-state index in [9.17, 15) is 14.9 Å². The van der Waals surface area contributed by atoms with Gasteiger partial charge in [-0.25, -0.2) is 4.98 Å². The molecule has 1 saturated carbocycles. The first-order valence-electron chi connectivity index (χ1n) is 13.4. The van der Waals surface area contributed by atoms with Crippen molar-refractivity contribution in [1.82, 2.24) is 9.66 Å². The minimum Gasteiger partial charge on any atom is -0.490 e. The number of hydrogen-bond acceptors (Lipinski definition) is 7. The molecule has 0 atom stereocenters. The first-order valence-corrected chi connectivity index (χ1v) is 15.0. The molecule has 0 bridgehead atoms. The van der Waals surface area contributed by atoms with Crippen molar-refractivity contribution in [3.63, 3.8) is 0 Å². The summed E-state index contributed by atoms with van der Waals surface area (Å²) >= 11 is 7.06. The molecule has 1 aliphatic rings. The van der Waals surface area contributed by atoms with Gasteiger partial charge in [-0.15, -0.1) is 0 Å². The van der Waals surface area contributed by atoms with Gasteiger partial charge in [-0.3, -0.25) is 14.9 Å². The number of fused-ring (bicyclic) bond motifs is 1. The second kappa shape index (κ2) is 12.9. The fourth-order valence-electron chi connectivity index (χ4n) is 4.97. The molecule has 0 saturated heterocycles. The third-order valence-electron chi connectivity index (χ3n) is 6.99. The Balaban J connectivity index is 1.49. The molecule has 9 nitrogen and oxygen atoms in total. The molecular weight excluding hydrogens is 656 g/mol. The summed E-state index contributed by atoms with van der Waals surface area (Å²) in [6, 6.07) is 15.4. The molecule has 1 aromatic heterocycles. The van der Waals surface area contributed by atoms with E-state index in [4.69, 9.17) is 14.5 Å². The zero-order valence-electron chi connectivity index (χ0n) is 22.4. The van der Waals surface area contributed by atoms with Crippen LogP contribution in [0.15, 0.2) is 73.4 Å². The largest absolute Gasteiger partial charge is 0.490 e. The van der Waals surface area contributed by atoms with Crippen molar-refractivity contribution in [2.45, 2.75) is 51.6 Å². The lowest BCUT2D eigenvalue weighted by Crippen LogP contribution is -2.25. The van der Waals surface area contributed by atoms with E-state index in [2.05, 4.69) is 37.0 Å². The van der Waals surface area contributed by atoms with E-state index in [0.717, 1.165) is 30.2 Å².